The van der Waals surface area contributed by atoms with Crippen LogP contribution in [-0.2, 0) is 87.9 Å². The van der Waals surface area contributed by atoms with E-state index in [0.717, 1.165) is 62.5 Å². The standard InChI is InChI=1S/C78H110N8O27/c1-85(31-29-81-39-61(87)107-57-23-27-83-63(57)47-11-7-9-13-51(47)103-33-25-43-15-21-55(99-3)59(37-43)101-5)77(97)105-41-45-17-19-53(49(79)35-45)109-75-69(93)65(89)66(90)71(113-75)74(96)111-72-68(92)67(91)70(73(94)95)112-76(72)110-54-20-18-46(36-50(54)80)42-106-78(98)86(2)32-30-82-40-62(88)108-58-24-28-84-64(58)48-12-8-10-14-52(48)104-34-26-44-16-22-56(100-4)60(38-44)102-6/h15-22,35-38,47-48,51-52,57-58,63-72,75-76,81-84,89-93H,7-14,23-34,39-42,79-80H2,1-6H3,(H,94,95)/t47-,48-,51-,52+,57-,58+,63?,64?,65?,66?,67?,68?,69?,70?,71?,72?,75?,76?/m1/s1. The van der Waals surface area contributed by atoms with E-state index in [1.165, 1.54) is 60.3 Å². The maximum absolute atomic E-state index is 14.0. The summed E-state index contributed by atoms with van der Waals surface area (Å²) in [4.78, 5) is 81.3. The number of likely N-dealkylation sites (N-methyl/N-ethyl adjacent to an activating group) is 2. The number of nitrogen functional groups attached to an aromatic ring is 2. The molecule has 35 nitrogen and oxygen atoms in total. The monoisotopic (exact) mass is 1590 g/mol. The van der Waals surface area contributed by atoms with Crippen molar-refractivity contribution in [3.8, 4) is 34.5 Å². The third kappa shape index (κ3) is 23.2. The fourth-order valence-electron chi connectivity index (χ4n) is 15.2. The van der Waals surface area contributed by atoms with Crippen LogP contribution >= 0.6 is 0 Å². The molecule has 4 saturated heterocycles. The minimum atomic E-state index is -2.25. The third-order valence-electron chi connectivity index (χ3n) is 21.4. The first kappa shape index (κ1) is 86.6. The van der Waals surface area contributed by atoms with E-state index in [1.54, 1.807) is 28.4 Å². The first-order valence-corrected chi connectivity index (χ1v) is 38.4. The van der Waals surface area contributed by atoms with Gasteiger partial charge in [-0.25, -0.2) is 19.2 Å². The van der Waals surface area contributed by atoms with Crippen molar-refractivity contribution in [3.63, 3.8) is 0 Å². The van der Waals surface area contributed by atoms with Crippen molar-refractivity contribution in [2.75, 3.05) is 120 Å². The maximum atomic E-state index is 14.0. The Morgan fingerprint density at radius 1 is 0.487 bits per heavy atom. The van der Waals surface area contributed by atoms with Crippen molar-refractivity contribution in [2.24, 2.45) is 11.8 Å². The van der Waals surface area contributed by atoms with Gasteiger partial charge in [0.05, 0.1) is 78.3 Å². The van der Waals surface area contributed by atoms with Crippen LogP contribution in [0.5, 0.6) is 34.5 Å². The molecule has 14 N–H and O–H groups in total. The number of aliphatic hydroxyl groups excluding tert-OH is 5. The number of carbonyl (C=O) groups is 6. The van der Waals surface area contributed by atoms with Crippen molar-refractivity contribution >= 4 is 47.4 Å². The Hall–Kier alpha value is -8.82. The number of carboxylic acids is 1. The molecule has 0 aromatic heterocycles. The van der Waals surface area contributed by atoms with Crippen LogP contribution in [0.1, 0.15) is 86.5 Å². The van der Waals surface area contributed by atoms with Crippen molar-refractivity contribution in [2.45, 2.75) is 188 Å². The molecule has 35 heteroatoms. The molecular weight excluding hydrogens is 1480 g/mol. The molecule has 4 aromatic carbocycles. The second-order valence-corrected chi connectivity index (χ2v) is 29.0. The molecule has 6 aliphatic rings. The van der Waals surface area contributed by atoms with Crippen LogP contribution in [-0.4, -0.2) is 283 Å². The lowest BCUT2D eigenvalue weighted by Crippen LogP contribution is -2.65. The van der Waals surface area contributed by atoms with Crippen LogP contribution in [0.3, 0.4) is 0 Å². The number of benzene rings is 4. The molecule has 12 unspecified atom stereocenters. The van der Waals surface area contributed by atoms with Crippen LogP contribution < -0.4 is 61.2 Å². The summed E-state index contributed by atoms with van der Waals surface area (Å²) in [5.74, 6) is -1.53. The van der Waals surface area contributed by atoms with Crippen LogP contribution in [0.15, 0.2) is 72.8 Å². The summed E-state index contributed by atoms with van der Waals surface area (Å²) >= 11 is 0. The van der Waals surface area contributed by atoms with Gasteiger partial charge >= 0.3 is 36.1 Å². The van der Waals surface area contributed by atoms with E-state index < -0.39 is 97.5 Å². The van der Waals surface area contributed by atoms with Gasteiger partial charge in [0.25, 0.3) is 0 Å². The number of anilines is 2. The SMILES string of the molecule is COc1ccc(CCO[C@H]2CCCC[C@H]2C2NCC[C@@H]2OC(=O)CNCCN(C)C(=O)OCc2ccc(OC3OC(C(=O)O)C(O)C(O)C3OC(=O)C3OC(Oc4ccc(COC(=O)N(C)CCNCC(=O)O[C@@H]5CCNC5[C@@H]5CCCC[C@H]5OCCc5ccc(OC)c(OC)c5)cc4N)C(O)C(O)C3O)c(N)c2)cc1OC. The van der Waals surface area contributed by atoms with E-state index in [9.17, 15) is 59.4 Å². The summed E-state index contributed by atoms with van der Waals surface area (Å²) in [6.07, 6.45) is -12.6. The lowest BCUT2D eigenvalue weighted by Gasteiger charge is -2.42. The highest BCUT2D eigenvalue weighted by molar-refractivity contribution is 5.77. The molecule has 113 heavy (non-hydrogen) atoms. The Balaban J connectivity index is 0.633. The molecule has 0 spiro atoms. The average molecular weight is 1590 g/mol. The number of hydrogen-bond acceptors (Lipinski definition) is 32. The summed E-state index contributed by atoms with van der Waals surface area (Å²) in [6, 6.07) is 19.8. The zero-order chi connectivity index (χ0) is 80.8. The Morgan fingerprint density at radius 3 is 1.36 bits per heavy atom. The average Bonchev–Trinajstić information content (AvgIpc) is 1.42. The van der Waals surface area contributed by atoms with E-state index in [0.29, 0.717) is 86.1 Å². The number of nitrogens with one attached hydrogen (secondary N) is 4. The minimum absolute atomic E-state index is 0.00678. The van der Waals surface area contributed by atoms with Gasteiger partial charge in [0.15, 0.2) is 41.3 Å². The molecule has 4 aromatic rings. The molecule has 0 bridgehead atoms. The molecule has 18 atom stereocenters. The molecule has 2 saturated carbocycles. The fraction of sp³-hybridized carbons (Fsp3) is 0.615. The summed E-state index contributed by atoms with van der Waals surface area (Å²) in [6.45, 7) is 2.51. The van der Waals surface area contributed by atoms with Gasteiger partial charge in [-0.15, -0.1) is 0 Å². The molecule has 2 aliphatic carbocycles. The molecular formula is C78H110N8O27. The molecule has 4 heterocycles. The number of amides is 2. The Kier molecular flexibility index (Phi) is 32.2. The highest BCUT2D eigenvalue weighted by atomic mass is 16.7. The van der Waals surface area contributed by atoms with Crippen LogP contribution in [0.2, 0.25) is 0 Å². The van der Waals surface area contributed by atoms with E-state index in [2.05, 4.69) is 21.3 Å². The lowest BCUT2D eigenvalue weighted by molar-refractivity contribution is -0.293. The number of aliphatic hydroxyl groups is 5. The zero-order valence-corrected chi connectivity index (χ0v) is 64.6. The molecule has 0 radical (unpaired) electrons. The van der Waals surface area contributed by atoms with Gasteiger partial charge in [-0.05, 0) is 135 Å². The van der Waals surface area contributed by atoms with E-state index >= 15 is 0 Å². The smallest absolute Gasteiger partial charge is 0.409 e. The van der Waals surface area contributed by atoms with Gasteiger partial charge in [-0.1, -0.05) is 49.9 Å². The van der Waals surface area contributed by atoms with Crippen LogP contribution in [0.4, 0.5) is 21.0 Å². The van der Waals surface area contributed by atoms with Gasteiger partial charge in [-0.2, -0.15) is 0 Å². The maximum Gasteiger partial charge on any atom is 0.409 e. The van der Waals surface area contributed by atoms with E-state index in [4.69, 9.17) is 82.5 Å². The quantitative estimate of drug-likeness (QED) is 0.0133. The highest BCUT2D eigenvalue weighted by Crippen LogP contribution is 2.39. The van der Waals surface area contributed by atoms with E-state index in [-0.39, 0.29) is 124 Å². The number of aliphatic carboxylic acids is 1. The topological polar surface area (TPSA) is 469 Å². The number of carboxylic acid groups (broad SMARTS) is 1. The molecule has 10 rings (SSSR count). The number of ether oxygens (including phenoxy) is 15. The largest absolute Gasteiger partial charge is 0.493 e. The Morgan fingerprint density at radius 2 is 0.912 bits per heavy atom. The summed E-state index contributed by atoms with van der Waals surface area (Å²) in [5.41, 5.74) is 15.3. The summed E-state index contributed by atoms with van der Waals surface area (Å²) < 4.78 is 86.0. The Bertz CT molecular complexity index is 3790. The van der Waals surface area contributed by atoms with Gasteiger partial charge in [0.1, 0.15) is 67.4 Å². The highest BCUT2D eigenvalue weighted by Gasteiger charge is 2.55. The number of esters is 3. The fourth-order valence-corrected chi connectivity index (χ4v) is 15.2. The second kappa shape index (κ2) is 42.0. The second-order valence-electron chi connectivity index (χ2n) is 29.0. The van der Waals surface area contributed by atoms with Crippen LogP contribution in [0, 0.1) is 11.8 Å². The summed E-state index contributed by atoms with van der Waals surface area (Å²) in [7, 11) is 9.43. The molecule has 624 valence electrons. The van der Waals surface area contributed by atoms with Gasteiger partial charge in [-0.3, -0.25) is 9.59 Å². The first-order chi connectivity index (χ1) is 54.4. The van der Waals surface area contributed by atoms with Crippen molar-refractivity contribution < 1.29 is 130 Å². The molecule has 4 aliphatic heterocycles. The number of methoxy groups -OCH3 is 4. The number of carbonyl (C=O) groups excluding carboxylic acids is 5. The zero-order valence-electron chi connectivity index (χ0n) is 64.6. The van der Waals surface area contributed by atoms with Crippen LogP contribution in [0.25, 0.3) is 0 Å². The molecule has 2 amide bonds. The lowest BCUT2D eigenvalue weighted by atomic mass is 9.80. The summed E-state index contributed by atoms with van der Waals surface area (Å²) in [5, 5.41) is 78.3. The first-order valence-electron chi connectivity index (χ1n) is 38.4. The number of nitrogens with zero attached hydrogens (tertiary/aromatic N) is 2. The molecule has 6 fully saturated rings. The Labute approximate surface area is 655 Å². The van der Waals surface area contributed by atoms with Gasteiger partial charge in [0, 0.05) is 64.2 Å². The third-order valence-corrected chi connectivity index (χ3v) is 21.4. The van der Waals surface area contributed by atoms with Crippen molar-refractivity contribution in [3.05, 3.63) is 95.1 Å². The number of nitrogens with two attached hydrogens (primary N) is 2. The normalized spacial score (nSPS) is 27.6. The van der Waals surface area contributed by atoms with Gasteiger partial charge < -0.3 is 144 Å². The van der Waals surface area contributed by atoms with E-state index in [1.807, 2.05) is 36.4 Å². The number of hydrogen-bond donors (Lipinski definition) is 12. The van der Waals surface area contributed by atoms with Crippen molar-refractivity contribution in [1.82, 2.24) is 31.1 Å². The van der Waals surface area contributed by atoms with Crippen molar-refractivity contribution in [1.29, 1.82) is 0 Å². The predicted molar refractivity (Wildman–Crippen MR) is 402 cm³/mol. The minimum Gasteiger partial charge on any atom is -0.493 e. The van der Waals surface area contributed by atoms with Gasteiger partial charge in [0.2, 0.25) is 12.6 Å². The number of rotatable bonds is 37. The predicted octanol–water partition coefficient (Wildman–Crippen LogP) is 2.09.